The molecule has 1 saturated heterocycles. The molecule has 3 aromatic rings. The van der Waals surface area contributed by atoms with Crippen LogP contribution in [0.2, 0.25) is 0 Å². The second kappa shape index (κ2) is 5.06. The summed E-state index contributed by atoms with van der Waals surface area (Å²) in [5, 5.41) is 4.32. The normalized spacial score (nSPS) is 18.3. The van der Waals surface area contributed by atoms with Gasteiger partial charge < -0.3 is 10.6 Å². The topological polar surface area (TPSA) is 59.5 Å². The van der Waals surface area contributed by atoms with Crippen LogP contribution in [0.1, 0.15) is 6.42 Å². The first-order chi connectivity index (χ1) is 10.7. The molecule has 0 spiro atoms. The van der Waals surface area contributed by atoms with Gasteiger partial charge in [0.05, 0.1) is 11.9 Å². The fourth-order valence-electron chi connectivity index (χ4n) is 2.92. The van der Waals surface area contributed by atoms with E-state index in [0.717, 1.165) is 25.3 Å². The summed E-state index contributed by atoms with van der Waals surface area (Å²) in [6.07, 6.45) is 2.65. The average Bonchev–Trinajstić information content (AvgIpc) is 3.15. The molecular formula is C16H16FN5. The Morgan fingerprint density at radius 3 is 2.86 bits per heavy atom. The van der Waals surface area contributed by atoms with Gasteiger partial charge in [-0.3, -0.25) is 0 Å². The molecule has 2 aromatic heterocycles. The zero-order valence-corrected chi connectivity index (χ0v) is 12.0. The number of fused-ring (bicyclic) bond motifs is 1. The molecule has 5 nitrogen and oxygen atoms in total. The lowest BCUT2D eigenvalue weighted by molar-refractivity contribution is 0.630. The molecule has 1 aromatic carbocycles. The fourth-order valence-corrected chi connectivity index (χ4v) is 2.92. The minimum Gasteiger partial charge on any atom is -0.355 e. The molecule has 0 saturated carbocycles. The second-order valence-corrected chi connectivity index (χ2v) is 5.58. The maximum absolute atomic E-state index is 14.1. The van der Waals surface area contributed by atoms with Crippen molar-refractivity contribution < 1.29 is 4.39 Å². The average molecular weight is 297 g/mol. The summed E-state index contributed by atoms with van der Waals surface area (Å²) in [5.41, 5.74) is 7.82. The Balaban J connectivity index is 1.89. The summed E-state index contributed by atoms with van der Waals surface area (Å²) in [6.45, 7) is 1.65. The third-order valence-corrected chi connectivity index (χ3v) is 4.04. The highest BCUT2D eigenvalue weighted by atomic mass is 19.1. The van der Waals surface area contributed by atoms with Gasteiger partial charge in [-0.05, 0) is 18.6 Å². The molecule has 0 bridgehead atoms. The first-order valence-corrected chi connectivity index (χ1v) is 7.32. The summed E-state index contributed by atoms with van der Waals surface area (Å²) >= 11 is 0. The summed E-state index contributed by atoms with van der Waals surface area (Å²) < 4.78 is 15.9. The molecule has 1 aliphatic rings. The van der Waals surface area contributed by atoms with Crippen LogP contribution >= 0.6 is 0 Å². The van der Waals surface area contributed by atoms with Gasteiger partial charge >= 0.3 is 0 Å². The van der Waals surface area contributed by atoms with Gasteiger partial charge in [0.1, 0.15) is 11.6 Å². The van der Waals surface area contributed by atoms with Crippen molar-refractivity contribution in [2.75, 3.05) is 18.0 Å². The number of hydrogen-bond donors (Lipinski definition) is 1. The lowest BCUT2D eigenvalue weighted by atomic mass is 10.1. The predicted octanol–water partition coefficient (Wildman–Crippen LogP) is 2.07. The van der Waals surface area contributed by atoms with Crippen LogP contribution in [-0.4, -0.2) is 33.7 Å². The molecule has 1 aliphatic heterocycles. The number of benzene rings is 1. The zero-order chi connectivity index (χ0) is 15.1. The van der Waals surface area contributed by atoms with Gasteiger partial charge in [-0.2, -0.15) is 9.61 Å². The van der Waals surface area contributed by atoms with Crippen molar-refractivity contribution in [3.8, 4) is 11.3 Å². The van der Waals surface area contributed by atoms with Crippen molar-refractivity contribution in [3.05, 3.63) is 48.4 Å². The molecule has 4 rings (SSSR count). The van der Waals surface area contributed by atoms with Crippen LogP contribution in [0.3, 0.4) is 0 Å². The second-order valence-electron chi connectivity index (χ2n) is 5.58. The lowest BCUT2D eigenvalue weighted by Gasteiger charge is -2.19. The van der Waals surface area contributed by atoms with Crippen molar-refractivity contribution in [1.82, 2.24) is 14.6 Å². The molecular weight excluding hydrogens is 281 g/mol. The van der Waals surface area contributed by atoms with Crippen LogP contribution in [0.4, 0.5) is 10.2 Å². The molecule has 112 valence electrons. The highest BCUT2D eigenvalue weighted by Gasteiger charge is 2.23. The Morgan fingerprint density at radius 1 is 1.23 bits per heavy atom. The molecule has 0 radical (unpaired) electrons. The first-order valence-electron chi connectivity index (χ1n) is 7.32. The van der Waals surface area contributed by atoms with Gasteiger partial charge in [0.15, 0.2) is 5.65 Å². The standard InChI is InChI=1S/C16H16FN5/c17-13-4-2-1-3-12(13)14-9-16(21-8-6-11(18)10-21)22-15(20-14)5-7-19-22/h1-5,7,9,11H,6,8,10,18H2/t11-/m1/s1. The molecule has 2 N–H and O–H groups in total. The van der Waals surface area contributed by atoms with Crippen molar-refractivity contribution >= 4 is 11.5 Å². The van der Waals surface area contributed by atoms with Crippen LogP contribution in [0.25, 0.3) is 16.9 Å². The summed E-state index contributed by atoms with van der Waals surface area (Å²) in [5.74, 6) is 0.629. The first kappa shape index (κ1) is 13.2. The van der Waals surface area contributed by atoms with Crippen molar-refractivity contribution in [2.24, 2.45) is 5.73 Å². The SMILES string of the molecule is N[C@@H]1CCN(c2cc(-c3ccccc3F)nc3ccnn23)C1. The zero-order valence-electron chi connectivity index (χ0n) is 12.0. The third kappa shape index (κ3) is 2.12. The predicted molar refractivity (Wildman–Crippen MR) is 83.2 cm³/mol. The van der Waals surface area contributed by atoms with E-state index < -0.39 is 0 Å². The van der Waals surface area contributed by atoms with E-state index in [1.165, 1.54) is 6.07 Å². The Morgan fingerprint density at radius 2 is 2.09 bits per heavy atom. The summed E-state index contributed by atoms with van der Waals surface area (Å²) in [7, 11) is 0. The highest BCUT2D eigenvalue weighted by molar-refractivity contribution is 5.67. The van der Waals surface area contributed by atoms with Crippen LogP contribution in [0, 0.1) is 5.82 Å². The molecule has 1 fully saturated rings. The van der Waals surface area contributed by atoms with Gasteiger partial charge in [0.25, 0.3) is 0 Å². The fraction of sp³-hybridized carbons (Fsp3) is 0.250. The number of halogens is 1. The van der Waals surface area contributed by atoms with Gasteiger partial charge in [-0.15, -0.1) is 0 Å². The van der Waals surface area contributed by atoms with Crippen LogP contribution in [-0.2, 0) is 0 Å². The number of hydrogen-bond acceptors (Lipinski definition) is 4. The van der Waals surface area contributed by atoms with Crippen LogP contribution in [0.5, 0.6) is 0 Å². The number of anilines is 1. The van der Waals surface area contributed by atoms with E-state index in [1.807, 2.05) is 18.2 Å². The van der Waals surface area contributed by atoms with E-state index >= 15 is 0 Å². The quantitative estimate of drug-likeness (QED) is 0.786. The van der Waals surface area contributed by atoms with E-state index in [1.54, 1.807) is 22.8 Å². The van der Waals surface area contributed by atoms with E-state index in [9.17, 15) is 4.39 Å². The van der Waals surface area contributed by atoms with Crippen LogP contribution in [0.15, 0.2) is 42.6 Å². The minimum absolute atomic E-state index is 0.163. The maximum atomic E-state index is 14.1. The number of nitrogens with zero attached hydrogens (tertiary/aromatic N) is 4. The van der Waals surface area contributed by atoms with E-state index in [0.29, 0.717) is 16.9 Å². The van der Waals surface area contributed by atoms with Gasteiger partial charge in [0, 0.05) is 36.8 Å². The highest BCUT2D eigenvalue weighted by Crippen LogP contribution is 2.27. The van der Waals surface area contributed by atoms with Crippen molar-refractivity contribution in [3.63, 3.8) is 0 Å². The summed E-state index contributed by atoms with van der Waals surface area (Å²) in [4.78, 5) is 6.70. The van der Waals surface area contributed by atoms with E-state index in [-0.39, 0.29) is 11.9 Å². The molecule has 0 amide bonds. The molecule has 0 aliphatic carbocycles. The number of aromatic nitrogens is 3. The lowest BCUT2D eigenvalue weighted by Crippen LogP contribution is -2.27. The van der Waals surface area contributed by atoms with Gasteiger partial charge in [-0.1, -0.05) is 12.1 Å². The van der Waals surface area contributed by atoms with Crippen LogP contribution < -0.4 is 10.6 Å². The van der Waals surface area contributed by atoms with E-state index in [2.05, 4.69) is 15.0 Å². The Hall–Kier alpha value is -2.47. The molecule has 22 heavy (non-hydrogen) atoms. The summed E-state index contributed by atoms with van der Waals surface area (Å²) in [6, 6.07) is 10.5. The Bertz CT molecular complexity index is 828. The number of nitrogens with two attached hydrogens (primary N) is 1. The molecule has 1 atom stereocenters. The maximum Gasteiger partial charge on any atom is 0.157 e. The molecule has 0 unspecified atom stereocenters. The molecule has 3 heterocycles. The smallest absolute Gasteiger partial charge is 0.157 e. The van der Waals surface area contributed by atoms with Gasteiger partial charge in [0.2, 0.25) is 0 Å². The Kier molecular flexibility index (Phi) is 3.04. The van der Waals surface area contributed by atoms with Crippen molar-refractivity contribution in [1.29, 1.82) is 0 Å². The van der Waals surface area contributed by atoms with Crippen molar-refractivity contribution in [2.45, 2.75) is 12.5 Å². The number of rotatable bonds is 2. The van der Waals surface area contributed by atoms with E-state index in [4.69, 9.17) is 5.73 Å². The Labute approximate surface area is 127 Å². The van der Waals surface area contributed by atoms with Gasteiger partial charge in [-0.25, -0.2) is 9.37 Å². The minimum atomic E-state index is -0.275. The third-order valence-electron chi connectivity index (χ3n) is 4.04. The monoisotopic (exact) mass is 297 g/mol. The molecule has 6 heteroatoms. The largest absolute Gasteiger partial charge is 0.355 e.